The molecule has 0 saturated carbocycles. The molecule has 0 atom stereocenters. The molecule has 0 radical (unpaired) electrons. The second-order valence-corrected chi connectivity index (χ2v) is 5.46. The van der Waals surface area contributed by atoms with Crippen molar-refractivity contribution in [2.45, 2.75) is 18.7 Å². The van der Waals surface area contributed by atoms with E-state index in [4.69, 9.17) is 0 Å². The summed E-state index contributed by atoms with van der Waals surface area (Å²) in [4.78, 5) is -0.0858. The number of nitrogens with zero attached hydrogens (tertiary/aromatic N) is 1. The summed E-state index contributed by atoms with van der Waals surface area (Å²) in [6.07, 6.45) is 0. The second-order valence-electron chi connectivity index (χ2n) is 3.04. The standard InChI is InChI=1S/C8H9NO4S2/c1-6-3-4-8(7(2)5-6)15(12,13)9-14(10)11/h3-5H,1-2H3. The van der Waals surface area contributed by atoms with Crippen molar-refractivity contribution < 1.29 is 16.8 Å². The first kappa shape index (κ1) is 11.9. The van der Waals surface area contributed by atoms with Crippen molar-refractivity contribution in [3.8, 4) is 0 Å². The molecule has 82 valence electrons. The van der Waals surface area contributed by atoms with Gasteiger partial charge >= 0.3 is 10.5 Å². The minimum atomic E-state index is -4.09. The summed E-state index contributed by atoms with van der Waals surface area (Å²) in [5, 5.41) is 0. The Morgan fingerprint density at radius 1 is 1.20 bits per heavy atom. The van der Waals surface area contributed by atoms with E-state index in [9.17, 15) is 16.8 Å². The minimum Gasteiger partial charge on any atom is -0.198 e. The van der Waals surface area contributed by atoms with Crippen LogP contribution >= 0.6 is 0 Å². The molecule has 0 aliphatic carbocycles. The van der Waals surface area contributed by atoms with Gasteiger partial charge in [-0.15, -0.1) is 0 Å². The van der Waals surface area contributed by atoms with Gasteiger partial charge in [0, 0.05) is 0 Å². The molecule has 0 heterocycles. The van der Waals surface area contributed by atoms with Gasteiger partial charge < -0.3 is 0 Å². The molecular formula is C8H9NO4S2. The summed E-state index contributed by atoms with van der Waals surface area (Å²) in [5.74, 6) is 0. The number of hydrogen-bond acceptors (Lipinski definition) is 4. The molecule has 5 nitrogen and oxygen atoms in total. The van der Waals surface area contributed by atoms with Crippen LogP contribution in [-0.4, -0.2) is 16.8 Å². The predicted octanol–water partition coefficient (Wildman–Crippen LogP) is 1.05. The highest BCUT2D eigenvalue weighted by Crippen LogP contribution is 2.18. The molecule has 0 unspecified atom stereocenters. The third kappa shape index (κ3) is 2.87. The molecule has 15 heavy (non-hydrogen) atoms. The van der Waals surface area contributed by atoms with Crippen LogP contribution in [0.25, 0.3) is 0 Å². The first-order chi connectivity index (χ1) is 6.83. The van der Waals surface area contributed by atoms with E-state index in [1.165, 1.54) is 6.07 Å². The lowest BCUT2D eigenvalue weighted by atomic mass is 10.2. The van der Waals surface area contributed by atoms with E-state index in [1.54, 1.807) is 19.1 Å². The molecule has 0 aliphatic heterocycles. The van der Waals surface area contributed by atoms with Crippen LogP contribution in [0.15, 0.2) is 26.9 Å². The Morgan fingerprint density at radius 2 is 1.80 bits per heavy atom. The van der Waals surface area contributed by atoms with E-state index in [0.29, 0.717) is 5.56 Å². The van der Waals surface area contributed by atoms with E-state index < -0.39 is 20.5 Å². The van der Waals surface area contributed by atoms with E-state index in [-0.39, 0.29) is 4.90 Å². The van der Waals surface area contributed by atoms with Crippen molar-refractivity contribution in [3.05, 3.63) is 29.3 Å². The van der Waals surface area contributed by atoms with Crippen molar-refractivity contribution in [1.29, 1.82) is 0 Å². The van der Waals surface area contributed by atoms with Crippen LogP contribution in [0, 0.1) is 13.8 Å². The van der Waals surface area contributed by atoms with E-state index in [1.807, 2.05) is 6.92 Å². The minimum absolute atomic E-state index is 0.0858. The summed E-state index contributed by atoms with van der Waals surface area (Å²) in [6, 6.07) is 4.58. The van der Waals surface area contributed by atoms with E-state index >= 15 is 0 Å². The number of sulfonamides is 1. The normalized spacial score (nSPS) is 11.1. The maximum Gasteiger partial charge on any atom is 0.327 e. The van der Waals surface area contributed by atoms with Gasteiger partial charge in [-0.05, 0) is 29.2 Å². The van der Waals surface area contributed by atoms with Crippen molar-refractivity contribution in [2.24, 2.45) is 3.77 Å². The Kier molecular flexibility index (Phi) is 3.25. The third-order valence-electron chi connectivity index (χ3n) is 1.77. The maximum atomic E-state index is 11.4. The lowest BCUT2D eigenvalue weighted by molar-refractivity contribution is 0.595. The lowest BCUT2D eigenvalue weighted by Gasteiger charge is -2.02. The smallest absolute Gasteiger partial charge is 0.198 e. The van der Waals surface area contributed by atoms with Gasteiger partial charge in [0.15, 0.2) is 0 Å². The quantitative estimate of drug-likeness (QED) is 0.782. The van der Waals surface area contributed by atoms with Gasteiger partial charge in [-0.3, -0.25) is 0 Å². The molecule has 7 heteroatoms. The van der Waals surface area contributed by atoms with Gasteiger partial charge in [0.25, 0.3) is 10.0 Å². The Labute approximate surface area is 89.5 Å². The molecule has 0 N–H and O–H groups in total. The van der Waals surface area contributed by atoms with Crippen LogP contribution in [0.2, 0.25) is 0 Å². The molecule has 0 aromatic heterocycles. The highest BCUT2D eigenvalue weighted by Gasteiger charge is 2.15. The molecule has 0 amide bonds. The van der Waals surface area contributed by atoms with Crippen molar-refractivity contribution in [3.63, 3.8) is 0 Å². The maximum absolute atomic E-state index is 11.4. The molecular weight excluding hydrogens is 238 g/mol. The number of hydrogen-bond donors (Lipinski definition) is 0. The predicted molar refractivity (Wildman–Crippen MR) is 54.4 cm³/mol. The molecule has 1 aromatic rings. The van der Waals surface area contributed by atoms with Gasteiger partial charge in [-0.1, -0.05) is 17.7 Å². The Morgan fingerprint density at radius 3 is 2.27 bits per heavy atom. The fourth-order valence-electron chi connectivity index (χ4n) is 1.21. The molecule has 1 aromatic carbocycles. The molecule has 0 fully saturated rings. The Bertz CT molecular complexity index is 606. The molecule has 0 aliphatic rings. The fourth-order valence-corrected chi connectivity index (χ4v) is 2.88. The summed E-state index contributed by atoms with van der Waals surface area (Å²) >= 11 is 0. The van der Waals surface area contributed by atoms with Crippen LogP contribution in [0.4, 0.5) is 0 Å². The zero-order valence-corrected chi connectivity index (χ0v) is 9.76. The molecule has 0 spiro atoms. The Balaban J connectivity index is 3.48. The SMILES string of the molecule is Cc1ccc(S(=O)(=O)N=S(=O)=O)c(C)c1. The summed E-state index contributed by atoms with van der Waals surface area (Å²) in [6.45, 7) is 3.40. The van der Waals surface area contributed by atoms with Crippen LogP contribution in [-0.2, 0) is 20.5 Å². The summed E-state index contributed by atoms with van der Waals surface area (Å²) in [7, 11) is -7.06. The third-order valence-corrected chi connectivity index (χ3v) is 4.05. The number of benzene rings is 1. The molecule has 0 bridgehead atoms. The topological polar surface area (TPSA) is 80.6 Å². The van der Waals surface area contributed by atoms with Gasteiger partial charge in [0.05, 0.1) is 4.90 Å². The monoisotopic (exact) mass is 247 g/mol. The van der Waals surface area contributed by atoms with Gasteiger partial charge in [0.2, 0.25) is 0 Å². The average Bonchev–Trinajstić information content (AvgIpc) is 1.99. The fraction of sp³-hybridized carbons (Fsp3) is 0.250. The van der Waals surface area contributed by atoms with Gasteiger partial charge in [-0.25, -0.2) is 0 Å². The molecule has 0 saturated heterocycles. The van der Waals surface area contributed by atoms with Crippen molar-refractivity contribution in [2.75, 3.05) is 0 Å². The highest BCUT2D eigenvalue weighted by atomic mass is 32.2. The largest absolute Gasteiger partial charge is 0.327 e. The molecule has 1 rings (SSSR count). The summed E-state index contributed by atoms with van der Waals surface area (Å²) < 4.78 is 45.9. The number of rotatable bonds is 2. The Hall–Kier alpha value is -1.21. The number of aryl methyl sites for hydroxylation is 2. The van der Waals surface area contributed by atoms with Crippen LogP contribution in [0.5, 0.6) is 0 Å². The van der Waals surface area contributed by atoms with Crippen LogP contribution in [0.3, 0.4) is 0 Å². The summed E-state index contributed by atoms with van der Waals surface area (Å²) in [5.41, 5.74) is 1.37. The first-order valence-corrected chi connectivity index (χ1v) is 6.45. The van der Waals surface area contributed by atoms with Crippen LogP contribution < -0.4 is 0 Å². The zero-order chi connectivity index (χ0) is 11.6. The lowest BCUT2D eigenvalue weighted by Crippen LogP contribution is -1.99. The van der Waals surface area contributed by atoms with E-state index in [2.05, 4.69) is 3.77 Å². The van der Waals surface area contributed by atoms with Gasteiger partial charge in [-0.2, -0.15) is 16.8 Å². The zero-order valence-electron chi connectivity index (χ0n) is 8.13. The van der Waals surface area contributed by atoms with E-state index in [0.717, 1.165) is 5.56 Å². The van der Waals surface area contributed by atoms with Gasteiger partial charge in [0.1, 0.15) is 0 Å². The second kappa shape index (κ2) is 4.11. The average molecular weight is 247 g/mol. The van der Waals surface area contributed by atoms with Crippen LogP contribution in [0.1, 0.15) is 11.1 Å². The van der Waals surface area contributed by atoms with Crippen molar-refractivity contribution >= 4 is 20.5 Å². The first-order valence-electron chi connectivity index (χ1n) is 3.97. The highest BCUT2D eigenvalue weighted by molar-refractivity contribution is 7.94. The van der Waals surface area contributed by atoms with Crippen molar-refractivity contribution in [1.82, 2.24) is 0 Å².